The third-order valence-electron chi connectivity index (χ3n) is 2.64. The number of nitrogens with one attached hydrogen (secondary N) is 1. The molecular weight excluding hydrogens is 230 g/mol. The summed E-state index contributed by atoms with van der Waals surface area (Å²) < 4.78 is 0. The second-order valence-electron chi connectivity index (χ2n) is 4.52. The molecule has 0 saturated carbocycles. The van der Waals surface area contributed by atoms with Crippen LogP contribution in [0.25, 0.3) is 0 Å². The SMILES string of the molecule is CC(C)c1ccccc1NC(=O)CCCC(=O)[O-]. The Morgan fingerprint density at radius 3 is 2.50 bits per heavy atom. The van der Waals surface area contributed by atoms with Crippen LogP contribution >= 0.6 is 0 Å². The minimum absolute atomic E-state index is 0.0841. The molecule has 0 aliphatic rings. The quantitative estimate of drug-likeness (QED) is 0.832. The zero-order valence-electron chi connectivity index (χ0n) is 10.7. The van der Waals surface area contributed by atoms with Crippen molar-refractivity contribution in [2.75, 3.05) is 5.32 Å². The standard InChI is InChI=1S/C14H19NO3/c1-10(2)11-6-3-4-7-12(11)15-13(16)8-5-9-14(17)18/h3-4,6-7,10H,5,8-9H2,1-2H3,(H,15,16)(H,17,18)/p-1. The van der Waals surface area contributed by atoms with E-state index < -0.39 is 5.97 Å². The lowest BCUT2D eigenvalue weighted by atomic mass is 10.0. The number of hydrogen-bond donors (Lipinski definition) is 1. The van der Waals surface area contributed by atoms with E-state index >= 15 is 0 Å². The van der Waals surface area contributed by atoms with Crippen molar-refractivity contribution in [1.82, 2.24) is 0 Å². The van der Waals surface area contributed by atoms with Crippen LogP contribution in [-0.4, -0.2) is 11.9 Å². The minimum atomic E-state index is -1.12. The summed E-state index contributed by atoms with van der Waals surface area (Å²) in [5.74, 6) is -0.959. The molecule has 1 N–H and O–H groups in total. The fourth-order valence-corrected chi connectivity index (χ4v) is 1.72. The van der Waals surface area contributed by atoms with Crippen LogP contribution in [0.2, 0.25) is 0 Å². The van der Waals surface area contributed by atoms with E-state index in [-0.39, 0.29) is 18.7 Å². The molecule has 0 bridgehead atoms. The predicted octanol–water partition coefficient (Wildman–Crippen LogP) is 1.67. The van der Waals surface area contributed by atoms with Crippen LogP contribution < -0.4 is 10.4 Å². The van der Waals surface area contributed by atoms with Crippen LogP contribution in [0.15, 0.2) is 24.3 Å². The van der Waals surface area contributed by atoms with E-state index in [2.05, 4.69) is 19.2 Å². The van der Waals surface area contributed by atoms with Crippen molar-refractivity contribution in [3.63, 3.8) is 0 Å². The molecule has 0 atom stereocenters. The monoisotopic (exact) mass is 248 g/mol. The Kier molecular flexibility index (Phi) is 5.36. The minimum Gasteiger partial charge on any atom is -0.550 e. The van der Waals surface area contributed by atoms with Gasteiger partial charge in [-0.1, -0.05) is 32.0 Å². The number of aliphatic carboxylic acids is 1. The molecule has 1 aromatic rings. The Morgan fingerprint density at radius 2 is 1.89 bits per heavy atom. The van der Waals surface area contributed by atoms with Crippen LogP contribution in [0.3, 0.4) is 0 Å². The molecule has 4 heteroatoms. The molecular formula is C14H18NO3-. The Balaban J connectivity index is 2.56. The Morgan fingerprint density at radius 1 is 1.22 bits per heavy atom. The predicted molar refractivity (Wildman–Crippen MR) is 68.0 cm³/mol. The van der Waals surface area contributed by atoms with Crippen molar-refractivity contribution in [2.45, 2.75) is 39.0 Å². The van der Waals surface area contributed by atoms with E-state index in [1.807, 2.05) is 24.3 Å². The van der Waals surface area contributed by atoms with Crippen molar-refractivity contribution in [2.24, 2.45) is 0 Å². The summed E-state index contributed by atoms with van der Waals surface area (Å²) in [6.45, 7) is 4.11. The average molecular weight is 248 g/mol. The molecule has 0 unspecified atom stereocenters. The highest BCUT2D eigenvalue weighted by atomic mass is 16.4. The van der Waals surface area contributed by atoms with Crippen molar-refractivity contribution >= 4 is 17.6 Å². The highest BCUT2D eigenvalue weighted by Gasteiger charge is 2.08. The van der Waals surface area contributed by atoms with Gasteiger partial charge in [-0.05, 0) is 30.4 Å². The lowest BCUT2D eigenvalue weighted by molar-refractivity contribution is -0.305. The fraction of sp³-hybridized carbons (Fsp3) is 0.429. The first-order chi connectivity index (χ1) is 8.50. The van der Waals surface area contributed by atoms with Crippen LogP contribution in [0.1, 0.15) is 44.6 Å². The molecule has 0 saturated heterocycles. The van der Waals surface area contributed by atoms with E-state index in [0.29, 0.717) is 12.3 Å². The zero-order chi connectivity index (χ0) is 13.5. The summed E-state index contributed by atoms with van der Waals surface area (Å²) in [4.78, 5) is 21.9. The molecule has 0 spiro atoms. The molecule has 0 heterocycles. The highest BCUT2D eigenvalue weighted by Crippen LogP contribution is 2.23. The maximum Gasteiger partial charge on any atom is 0.224 e. The van der Waals surface area contributed by atoms with Gasteiger partial charge in [-0.2, -0.15) is 0 Å². The largest absolute Gasteiger partial charge is 0.550 e. The molecule has 98 valence electrons. The van der Waals surface area contributed by atoms with Gasteiger partial charge in [0, 0.05) is 18.1 Å². The highest BCUT2D eigenvalue weighted by molar-refractivity contribution is 5.91. The number of anilines is 1. The maximum absolute atomic E-state index is 11.6. The van der Waals surface area contributed by atoms with Crippen molar-refractivity contribution in [3.8, 4) is 0 Å². The van der Waals surface area contributed by atoms with E-state index in [1.54, 1.807) is 0 Å². The van der Waals surface area contributed by atoms with Gasteiger partial charge in [-0.3, -0.25) is 4.79 Å². The van der Waals surface area contributed by atoms with Gasteiger partial charge in [0.1, 0.15) is 0 Å². The van der Waals surface area contributed by atoms with Gasteiger partial charge in [0.05, 0.1) is 0 Å². The smallest absolute Gasteiger partial charge is 0.224 e. The number of rotatable bonds is 6. The van der Waals surface area contributed by atoms with Crippen LogP contribution in [0.5, 0.6) is 0 Å². The third kappa shape index (κ3) is 4.57. The molecule has 4 nitrogen and oxygen atoms in total. The first-order valence-corrected chi connectivity index (χ1v) is 6.09. The normalized spacial score (nSPS) is 10.4. The van der Waals surface area contributed by atoms with E-state index in [9.17, 15) is 14.7 Å². The first-order valence-electron chi connectivity index (χ1n) is 6.09. The van der Waals surface area contributed by atoms with Gasteiger partial charge >= 0.3 is 0 Å². The second kappa shape index (κ2) is 6.79. The first kappa shape index (κ1) is 14.2. The number of benzene rings is 1. The van der Waals surface area contributed by atoms with Crippen molar-refractivity contribution in [3.05, 3.63) is 29.8 Å². The van der Waals surface area contributed by atoms with Gasteiger partial charge in [0.25, 0.3) is 0 Å². The number of carbonyl (C=O) groups excluding carboxylic acids is 2. The van der Waals surface area contributed by atoms with Crippen LogP contribution in [0.4, 0.5) is 5.69 Å². The molecule has 1 aromatic carbocycles. The number of carboxylic acid groups (broad SMARTS) is 1. The zero-order valence-corrected chi connectivity index (χ0v) is 10.7. The van der Waals surface area contributed by atoms with Crippen molar-refractivity contribution in [1.29, 1.82) is 0 Å². The molecule has 18 heavy (non-hydrogen) atoms. The molecule has 0 aromatic heterocycles. The Bertz CT molecular complexity index is 427. The number of para-hydroxylation sites is 1. The molecule has 0 fully saturated rings. The third-order valence-corrected chi connectivity index (χ3v) is 2.64. The summed E-state index contributed by atoms with van der Waals surface area (Å²) in [6.07, 6.45) is 0.414. The van der Waals surface area contributed by atoms with Gasteiger partial charge in [0.2, 0.25) is 5.91 Å². The molecule has 1 amide bonds. The summed E-state index contributed by atoms with van der Waals surface area (Å²) in [5, 5.41) is 13.1. The Hall–Kier alpha value is -1.84. The Labute approximate surface area is 107 Å². The van der Waals surface area contributed by atoms with Gasteiger partial charge in [0.15, 0.2) is 0 Å². The molecule has 0 aliphatic carbocycles. The van der Waals surface area contributed by atoms with Gasteiger partial charge in [-0.15, -0.1) is 0 Å². The van der Waals surface area contributed by atoms with Gasteiger partial charge in [-0.25, -0.2) is 0 Å². The number of amides is 1. The lowest BCUT2D eigenvalue weighted by Crippen LogP contribution is -2.22. The molecule has 1 rings (SSSR count). The molecule has 0 aliphatic heterocycles. The lowest BCUT2D eigenvalue weighted by Gasteiger charge is -2.13. The van der Waals surface area contributed by atoms with E-state index in [0.717, 1.165) is 11.3 Å². The molecule has 0 radical (unpaired) electrons. The van der Waals surface area contributed by atoms with Crippen molar-refractivity contribution < 1.29 is 14.7 Å². The average Bonchev–Trinajstić information content (AvgIpc) is 2.28. The maximum atomic E-state index is 11.6. The number of carboxylic acids is 1. The summed E-state index contributed by atoms with van der Waals surface area (Å²) in [7, 11) is 0. The topological polar surface area (TPSA) is 69.2 Å². The summed E-state index contributed by atoms with van der Waals surface area (Å²) in [5.41, 5.74) is 1.87. The van der Waals surface area contributed by atoms with Crippen LogP contribution in [-0.2, 0) is 9.59 Å². The van der Waals surface area contributed by atoms with E-state index in [4.69, 9.17) is 0 Å². The summed E-state index contributed by atoms with van der Waals surface area (Å²) in [6, 6.07) is 7.62. The second-order valence-corrected chi connectivity index (χ2v) is 4.52. The van der Waals surface area contributed by atoms with Crippen LogP contribution in [0, 0.1) is 0 Å². The fourth-order valence-electron chi connectivity index (χ4n) is 1.72. The number of carbonyl (C=O) groups is 2. The van der Waals surface area contributed by atoms with E-state index in [1.165, 1.54) is 0 Å². The summed E-state index contributed by atoms with van der Waals surface area (Å²) >= 11 is 0. The van der Waals surface area contributed by atoms with Gasteiger partial charge < -0.3 is 15.2 Å². The number of hydrogen-bond acceptors (Lipinski definition) is 3.